The molecule has 1 aliphatic carbocycles. The van der Waals surface area contributed by atoms with Gasteiger partial charge in [0.15, 0.2) is 0 Å². The molecule has 1 saturated carbocycles. The van der Waals surface area contributed by atoms with Crippen molar-refractivity contribution in [3.05, 3.63) is 0 Å². The van der Waals surface area contributed by atoms with Crippen molar-refractivity contribution >= 4 is 16.8 Å². The predicted octanol–water partition coefficient (Wildman–Crippen LogP) is 1.51. The molecule has 2 N–H and O–H groups in total. The van der Waals surface area contributed by atoms with E-state index in [1.165, 1.54) is 19.3 Å². The molecule has 1 saturated heterocycles. The van der Waals surface area contributed by atoms with Crippen molar-refractivity contribution in [3.8, 4) is 0 Å². The molecule has 0 bridgehead atoms. The van der Waals surface area contributed by atoms with Crippen molar-refractivity contribution in [2.24, 2.45) is 5.92 Å². The first-order valence-electron chi connectivity index (χ1n) is 5.91. The number of carbonyl (C=O) groups excluding carboxylic acids is 1. The fourth-order valence-electron chi connectivity index (χ4n) is 1.93. The first-order chi connectivity index (χ1) is 7.30. The van der Waals surface area contributed by atoms with Gasteiger partial charge in [-0.1, -0.05) is 19.3 Å². The zero-order valence-electron chi connectivity index (χ0n) is 9.23. The van der Waals surface area contributed by atoms with Crippen LogP contribution >= 0.6 is 11.6 Å². The lowest BCUT2D eigenvalue weighted by Crippen LogP contribution is -2.39. The van der Waals surface area contributed by atoms with Gasteiger partial charge in [0.1, 0.15) is 0 Å². The van der Waals surface area contributed by atoms with Crippen LogP contribution in [0, 0.1) is 5.92 Å². The molecular weight excluding hydrogens is 212 g/mol. The maximum absolute atomic E-state index is 10.6. The monoisotopic (exact) mass is 232 g/mol. The van der Waals surface area contributed by atoms with Crippen molar-refractivity contribution in [2.45, 2.75) is 32.1 Å². The van der Waals surface area contributed by atoms with Crippen molar-refractivity contribution in [1.29, 1.82) is 0 Å². The molecule has 0 unspecified atom stereocenters. The highest BCUT2D eigenvalue weighted by Crippen LogP contribution is 2.24. The van der Waals surface area contributed by atoms with Gasteiger partial charge in [0.25, 0.3) is 0 Å². The molecule has 0 radical (unpaired) electrons. The number of rotatable bonds is 1. The van der Waals surface area contributed by atoms with E-state index in [9.17, 15) is 4.79 Å². The molecule has 2 aliphatic rings. The highest BCUT2D eigenvalue weighted by Gasteiger charge is 2.18. The summed E-state index contributed by atoms with van der Waals surface area (Å²) in [6.45, 7) is 4.56. The molecule has 2 fully saturated rings. The van der Waals surface area contributed by atoms with Crippen LogP contribution in [-0.2, 0) is 4.79 Å². The molecule has 0 spiro atoms. The molecule has 88 valence electrons. The Bertz CT molecular complexity index is 166. The van der Waals surface area contributed by atoms with Gasteiger partial charge < -0.3 is 10.6 Å². The molecule has 0 aromatic carbocycles. The number of nitrogens with one attached hydrogen (secondary N) is 2. The van der Waals surface area contributed by atoms with E-state index in [1.807, 2.05) is 0 Å². The van der Waals surface area contributed by atoms with E-state index in [1.54, 1.807) is 0 Å². The SMILES string of the molecule is C1CNCCN1.O=C(Cl)C1CCCCC1. The Kier molecular flexibility index (Phi) is 6.98. The highest BCUT2D eigenvalue weighted by molar-refractivity contribution is 6.63. The van der Waals surface area contributed by atoms with Gasteiger partial charge in [-0.15, -0.1) is 0 Å². The van der Waals surface area contributed by atoms with Crippen LogP contribution in [-0.4, -0.2) is 31.4 Å². The van der Waals surface area contributed by atoms with E-state index in [0.717, 1.165) is 39.0 Å². The van der Waals surface area contributed by atoms with Crippen molar-refractivity contribution < 1.29 is 4.79 Å². The topological polar surface area (TPSA) is 41.1 Å². The molecule has 0 aromatic heterocycles. The summed E-state index contributed by atoms with van der Waals surface area (Å²) in [7, 11) is 0. The van der Waals surface area contributed by atoms with Gasteiger partial charge >= 0.3 is 0 Å². The van der Waals surface area contributed by atoms with Crippen molar-refractivity contribution in [2.75, 3.05) is 26.2 Å². The Balaban J connectivity index is 0.000000162. The minimum absolute atomic E-state index is 0.130. The number of halogens is 1. The van der Waals surface area contributed by atoms with Crippen LogP contribution in [0.4, 0.5) is 0 Å². The van der Waals surface area contributed by atoms with Gasteiger partial charge in [-0.3, -0.25) is 4.79 Å². The molecule has 1 aliphatic heterocycles. The third-order valence-corrected chi connectivity index (χ3v) is 3.19. The Labute approximate surface area is 96.9 Å². The van der Waals surface area contributed by atoms with E-state index in [0.29, 0.717) is 0 Å². The summed E-state index contributed by atoms with van der Waals surface area (Å²) >= 11 is 5.32. The fourth-order valence-corrected chi connectivity index (χ4v) is 2.15. The summed E-state index contributed by atoms with van der Waals surface area (Å²) in [5.41, 5.74) is 0. The first kappa shape index (κ1) is 12.9. The summed E-state index contributed by atoms with van der Waals surface area (Å²) in [6, 6.07) is 0. The molecule has 15 heavy (non-hydrogen) atoms. The summed E-state index contributed by atoms with van der Waals surface area (Å²) < 4.78 is 0. The summed E-state index contributed by atoms with van der Waals surface area (Å²) in [5.74, 6) is 0.181. The minimum atomic E-state index is -0.130. The molecule has 3 nitrogen and oxygen atoms in total. The van der Waals surface area contributed by atoms with Crippen LogP contribution in [0.1, 0.15) is 32.1 Å². The maximum Gasteiger partial charge on any atom is 0.224 e. The van der Waals surface area contributed by atoms with Crippen LogP contribution in [0.5, 0.6) is 0 Å². The standard InChI is InChI=1S/C7H11ClO.C4H10N2/c8-7(9)6-4-2-1-3-5-6;1-2-6-4-3-5-1/h6H,1-5H2;5-6H,1-4H2. The molecule has 2 rings (SSSR count). The largest absolute Gasteiger partial charge is 0.314 e. The third-order valence-electron chi connectivity index (χ3n) is 2.88. The van der Waals surface area contributed by atoms with Crippen LogP contribution in [0.3, 0.4) is 0 Å². The number of piperazine rings is 1. The number of carbonyl (C=O) groups is 1. The Morgan fingerprint density at radius 3 is 1.67 bits per heavy atom. The fraction of sp³-hybridized carbons (Fsp3) is 0.909. The first-order valence-corrected chi connectivity index (χ1v) is 6.29. The number of hydrogen-bond donors (Lipinski definition) is 2. The average molecular weight is 233 g/mol. The quantitative estimate of drug-likeness (QED) is 0.674. The summed E-state index contributed by atoms with van der Waals surface area (Å²) in [6.07, 6.45) is 5.68. The molecule has 0 atom stereocenters. The van der Waals surface area contributed by atoms with Crippen LogP contribution in [0.15, 0.2) is 0 Å². The zero-order valence-corrected chi connectivity index (χ0v) is 9.98. The van der Waals surface area contributed by atoms with Gasteiger partial charge in [0, 0.05) is 32.1 Å². The van der Waals surface area contributed by atoms with Crippen molar-refractivity contribution in [3.63, 3.8) is 0 Å². The summed E-state index contributed by atoms with van der Waals surface area (Å²) in [5, 5.41) is 6.31. The van der Waals surface area contributed by atoms with Gasteiger partial charge in [-0.25, -0.2) is 0 Å². The molecular formula is C11H21ClN2O. The van der Waals surface area contributed by atoms with Gasteiger partial charge in [0.2, 0.25) is 5.24 Å². The lowest BCUT2D eigenvalue weighted by atomic mass is 9.90. The Morgan fingerprint density at radius 1 is 0.933 bits per heavy atom. The lowest BCUT2D eigenvalue weighted by molar-refractivity contribution is -0.115. The Hall–Kier alpha value is -0.120. The van der Waals surface area contributed by atoms with Crippen molar-refractivity contribution in [1.82, 2.24) is 10.6 Å². The van der Waals surface area contributed by atoms with E-state index >= 15 is 0 Å². The number of hydrogen-bond acceptors (Lipinski definition) is 3. The highest BCUT2D eigenvalue weighted by atomic mass is 35.5. The van der Waals surface area contributed by atoms with Gasteiger partial charge in [-0.05, 0) is 24.4 Å². The van der Waals surface area contributed by atoms with E-state index < -0.39 is 0 Å². The molecule has 0 aromatic rings. The second-order valence-electron chi connectivity index (χ2n) is 4.14. The lowest BCUT2D eigenvalue weighted by Gasteiger charge is -2.16. The Morgan fingerprint density at radius 2 is 1.40 bits per heavy atom. The van der Waals surface area contributed by atoms with E-state index in [-0.39, 0.29) is 11.2 Å². The smallest absolute Gasteiger partial charge is 0.224 e. The van der Waals surface area contributed by atoms with Crippen LogP contribution < -0.4 is 10.6 Å². The zero-order chi connectivity index (χ0) is 10.9. The average Bonchev–Trinajstić information content (AvgIpc) is 2.33. The second-order valence-corrected chi connectivity index (χ2v) is 4.51. The van der Waals surface area contributed by atoms with Crippen LogP contribution in [0.2, 0.25) is 0 Å². The second kappa shape index (κ2) is 8.08. The normalized spacial score (nSPS) is 22.7. The molecule has 1 heterocycles. The predicted molar refractivity (Wildman–Crippen MR) is 63.2 cm³/mol. The van der Waals surface area contributed by atoms with Gasteiger partial charge in [0.05, 0.1) is 0 Å². The van der Waals surface area contributed by atoms with Crippen LogP contribution in [0.25, 0.3) is 0 Å². The maximum atomic E-state index is 10.6. The summed E-state index contributed by atoms with van der Waals surface area (Å²) in [4.78, 5) is 10.6. The van der Waals surface area contributed by atoms with Gasteiger partial charge in [-0.2, -0.15) is 0 Å². The molecule has 4 heteroatoms. The van der Waals surface area contributed by atoms with E-state index in [2.05, 4.69) is 10.6 Å². The van der Waals surface area contributed by atoms with E-state index in [4.69, 9.17) is 11.6 Å². The minimum Gasteiger partial charge on any atom is -0.314 e. The third kappa shape index (κ3) is 6.13. The molecule has 0 amide bonds.